The van der Waals surface area contributed by atoms with E-state index in [9.17, 15) is 5.11 Å². The number of ether oxygens (including phenoxy) is 2. The molecule has 0 heterocycles. The highest BCUT2D eigenvalue weighted by Crippen LogP contribution is 2.54. The van der Waals surface area contributed by atoms with E-state index >= 15 is 0 Å². The van der Waals surface area contributed by atoms with E-state index in [-0.39, 0.29) is 12.4 Å². The van der Waals surface area contributed by atoms with Crippen LogP contribution in [-0.2, 0) is 9.47 Å². The van der Waals surface area contributed by atoms with Gasteiger partial charge >= 0.3 is 0 Å². The first-order valence-corrected chi connectivity index (χ1v) is 10.3. The maximum absolute atomic E-state index is 10.2. The fourth-order valence-electron chi connectivity index (χ4n) is 4.84. The summed E-state index contributed by atoms with van der Waals surface area (Å²) < 4.78 is 11.6. The predicted molar refractivity (Wildman–Crippen MR) is 98.8 cm³/mol. The number of unbranched alkanes of at least 4 members (excludes halogenated alkanes) is 2. The number of hydrogen-bond acceptors (Lipinski definition) is 3. The van der Waals surface area contributed by atoms with Crippen molar-refractivity contribution in [3.05, 3.63) is 12.2 Å². The zero-order chi connectivity index (χ0) is 17.4. The molecule has 0 aliphatic heterocycles. The highest BCUT2D eigenvalue weighted by atomic mass is 16.7. The van der Waals surface area contributed by atoms with Crippen molar-refractivity contribution in [2.75, 3.05) is 13.2 Å². The van der Waals surface area contributed by atoms with E-state index in [4.69, 9.17) is 9.47 Å². The molecule has 0 saturated heterocycles. The van der Waals surface area contributed by atoms with Gasteiger partial charge in [0.2, 0.25) is 0 Å². The highest BCUT2D eigenvalue weighted by Gasteiger charge is 2.46. The molecule has 0 radical (unpaired) electrons. The van der Waals surface area contributed by atoms with Crippen molar-refractivity contribution in [1.82, 2.24) is 0 Å². The predicted octanol–water partition coefficient (Wildman–Crippen LogP) is 4.94. The molecule has 5 atom stereocenters. The van der Waals surface area contributed by atoms with Gasteiger partial charge in [0.25, 0.3) is 0 Å². The summed E-state index contributed by atoms with van der Waals surface area (Å²) in [6.07, 6.45) is 13.6. The van der Waals surface area contributed by atoms with Crippen molar-refractivity contribution < 1.29 is 14.6 Å². The van der Waals surface area contributed by atoms with Crippen LogP contribution in [-0.4, -0.2) is 30.7 Å². The Balaban J connectivity index is 1.91. The molecule has 2 saturated carbocycles. The van der Waals surface area contributed by atoms with Crippen LogP contribution in [0.2, 0.25) is 0 Å². The van der Waals surface area contributed by atoms with Crippen molar-refractivity contribution in [2.24, 2.45) is 23.7 Å². The SMILES string of the molecule is CCCCCC(O)/C=C/[C@@H]1[C@H]2CC[C@H](C2)[C@H]1CC(OCC)OCC. The number of aliphatic hydroxyl groups excluding tert-OH is 1. The quantitative estimate of drug-likeness (QED) is 0.311. The molecule has 0 aromatic heterocycles. The van der Waals surface area contributed by atoms with E-state index in [1.54, 1.807) is 0 Å². The molecule has 2 aliphatic carbocycles. The van der Waals surface area contributed by atoms with Gasteiger partial charge in [-0.3, -0.25) is 0 Å². The molecule has 0 aromatic carbocycles. The Bertz CT molecular complexity index is 362. The minimum atomic E-state index is -0.272. The van der Waals surface area contributed by atoms with Gasteiger partial charge in [-0.1, -0.05) is 38.3 Å². The van der Waals surface area contributed by atoms with Crippen LogP contribution in [0.3, 0.4) is 0 Å². The summed E-state index contributed by atoms with van der Waals surface area (Å²) in [5, 5.41) is 10.2. The molecular weight excluding hydrogens is 300 g/mol. The van der Waals surface area contributed by atoms with Gasteiger partial charge in [-0.05, 0) is 63.2 Å². The standard InChI is InChI=1S/C21H38O3/c1-4-7-8-9-18(22)12-13-19-16-10-11-17(14-16)20(19)15-21(23-5-2)24-6-3/h12-13,16-22H,4-11,14-15H2,1-3H3/b13-12+/t16-,17+,18?,19+,20+/m0/s1. The molecule has 0 aromatic rings. The van der Waals surface area contributed by atoms with Gasteiger partial charge in [0.15, 0.2) is 6.29 Å². The average molecular weight is 339 g/mol. The van der Waals surface area contributed by atoms with Gasteiger partial charge in [-0.25, -0.2) is 0 Å². The Morgan fingerprint density at radius 1 is 1.04 bits per heavy atom. The second kappa shape index (κ2) is 10.6. The van der Waals surface area contributed by atoms with E-state index in [0.29, 0.717) is 25.0 Å². The van der Waals surface area contributed by atoms with Crippen LogP contribution in [0, 0.1) is 23.7 Å². The fraction of sp³-hybridized carbons (Fsp3) is 0.905. The molecule has 24 heavy (non-hydrogen) atoms. The van der Waals surface area contributed by atoms with E-state index < -0.39 is 0 Å². The molecule has 1 N–H and O–H groups in total. The summed E-state index contributed by atoms with van der Waals surface area (Å²) in [4.78, 5) is 0. The zero-order valence-electron chi connectivity index (χ0n) is 16.0. The molecule has 2 fully saturated rings. The van der Waals surface area contributed by atoms with Crippen LogP contribution in [0.15, 0.2) is 12.2 Å². The molecule has 3 heteroatoms. The summed E-state index contributed by atoms with van der Waals surface area (Å²) in [7, 11) is 0. The Morgan fingerprint density at radius 2 is 1.75 bits per heavy atom. The summed E-state index contributed by atoms with van der Waals surface area (Å²) in [5.74, 6) is 2.90. The number of rotatable bonds is 12. The van der Waals surface area contributed by atoms with Crippen LogP contribution >= 0.6 is 0 Å². The van der Waals surface area contributed by atoms with Crippen LogP contribution in [0.5, 0.6) is 0 Å². The maximum Gasteiger partial charge on any atom is 0.157 e. The fourth-order valence-corrected chi connectivity index (χ4v) is 4.84. The van der Waals surface area contributed by atoms with E-state index in [0.717, 1.165) is 31.1 Å². The minimum Gasteiger partial charge on any atom is -0.389 e. The van der Waals surface area contributed by atoms with Crippen molar-refractivity contribution in [3.63, 3.8) is 0 Å². The lowest BCUT2D eigenvalue weighted by Crippen LogP contribution is -2.28. The summed E-state index contributed by atoms with van der Waals surface area (Å²) >= 11 is 0. The van der Waals surface area contributed by atoms with Crippen LogP contribution in [0.1, 0.15) is 72.1 Å². The largest absolute Gasteiger partial charge is 0.389 e. The van der Waals surface area contributed by atoms with Crippen molar-refractivity contribution in [3.8, 4) is 0 Å². The van der Waals surface area contributed by atoms with Gasteiger partial charge in [-0.2, -0.15) is 0 Å². The van der Waals surface area contributed by atoms with Crippen LogP contribution in [0.25, 0.3) is 0 Å². The van der Waals surface area contributed by atoms with Gasteiger partial charge in [-0.15, -0.1) is 0 Å². The third kappa shape index (κ3) is 5.57. The van der Waals surface area contributed by atoms with Crippen LogP contribution < -0.4 is 0 Å². The highest BCUT2D eigenvalue weighted by molar-refractivity contribution is 5.06. The topological polar surface area (TPSA) is 38.7 Å². The molecule has 2 rings (SSSR count). The second-order valence-electron chi connectivity index (χ2n) is 7.60. The Kier molecular flexibility index (Phi) is 8.79. The van der Waals surface area contributed by atoms with Gasteiger partial charge in [0, 0.05) is 19.6 Å². The van der Waals surface area contributed by atoms with Crippen molar-refractivity contribution in [1.29, 1.82) is 0 Å². The molecule has 1 unspecified atom stereocenters. The molecular formula is C21H38O3. The monoisotopic (exact) mass is 338 g/mol. The third-order valence-corrected chi connectivity index (χ3v) is 5.99. The minimum absolute atomic E-state index is 0.0604. The van der Waals surface area contributed by atoms with Crippen molar-refractivity contribution >= 4 is 0 Å². The van der Waals surface area contributed by atoms with Gasteiger partial charge in [0.1, 0.15) is 0 Å². The molecule has 2 aliphatic rings. The molecule has 0 spiro atoms. The van der Waals surface area contributed by atoms with E-state index in [1.807, 2.05) is 13.8 Å². The lowest BCUT2D eigenvalue weighted by Gasteiger charge is -2.32. The summed E-state index contributed by atoms with van der Waals surface area (Å²) in [6, 6.07) is 0. The molecule has 2 bridgehead atoms. The van der Waals surface area contributed by atoms with E-state index in [2.05, 4.69) is 19.1 Å². The molecule has 3 nitrogen and oxygen atoms in total. The Labute approximate surface area is 148 Å². The lowest BCUT2D eigenvalue weighted by molar-refractivity contribution is -0.150. The van der Waals surface area contributed by atoms with Crippen LogP contribution in [0.4, 0.5) is 0 Å². The molecule has 0 amide bonds. The summed E-state index contributed by atoms with van der Waals surface area (Å²) in [5.41, 5.74) is 0. The number of hydrogen-bond donors (Lipinski definition) is 1. The number of allylic oxidation sites excluding steroid dienone is 1. The van der Waals surface area contributed by atoms with Gasteiger partial charge in [0.05, 0.1) is 6.10 Å². The van der Waals surface area contributed by atoms with Gasteiger partial charge < -0.3 is 14.6 Å². The first-order valence-electron chi connectivity index (χ1n) is 10.3. The lowest BCUT2D eigenvalue weighted by atomic mass is 9.77. The van der Waals surface area contributed by atoms with Crippen molar-refractivity contribution in [2.45, 2.75) is 84.5 Å². The van der Waals surface area contributed by atoms with E-state index in [1.165, 1.54) is 32.1 Å². The normalized spacial score (nSPS) is 30.7. The maximum atomic E-state index is 10.2. The third-order valence-electron chi connectivity index (χ3n) is 5.99. The second-order valence-corrected chi connectivity index (χ2v) is 7.60. The Morgan fingerprint density at radius 3 is 2.42 bits per heavy atom. The summed E-state index contributed by atoms with van der Waals surface area (Å²) in [6.45, 7) is 7.70. The Hall–Kier alpha value is -0.380. The zero-order valence-corrected chi connectivity index (χ0v) is 16.0. The smallest absolute Gasteiger partial charge is 0.157 e. The first kappa shape index (κ1) is 19.9. The average Bonchev–Trinajstić information content (AvgIpc) is 3.15. The molecule has 140 valence electrons. The first-order chi connectivity index (χ1) is 11.7. The number of aliphatic hydroxyl groups is 1. The number of fused-ring (bicyclic) bond motifs is 2.